The van der Waals surface area contributed by atoms with E-state index in [9.17, 15) is 0 Å². The summed E-state index contributed by atoms with van der Waals surface area (Å²) in [5, 5.41) is 3.41. The van der Waals surface area contributed by atoms with Crippen molar-refractivity contribution in [2.75, 3.05) is 11.9 Å². The molecule has 76 valence electrons. The predicted molar refractivity (Wildman–Crippen MR) is 58.8 cm³/mol. The van der Waals surface area contributed by atoms with Gasteiger partial charge in [0, 0.05) is 0 Å². The van der Waals surface area contributed by atoms with Gasteiger partial charge in [0.25, 0.3) is 0 Å². The van der Waals surface area contributed by atoms with Crippen molar-refractivity contribution >= 4 is 5.69 Å². The molecule has 0 saturated carbocycles. The maximum absolute atomic E-state index is 6.02. The first-order valence-electron chi connectivity index (χ1n) is 5.14. The Bertz CT molecular complexity index is 335. The van der Waals surface area contributed by atoms with Crippen LogP contribution in [0.15, 0.2) is 24.3 Å². The van der Waals surface area contributed by atoms with E-state index in [2.05, 4.69) is 32.2 Å². The Morgan fingerprint density at radius 3 is 2.79 bits per heavy atom. The molecule has 0 amide bonds. The molecule has 1 unspecified atom stereocenters. The number of nitrogens with one attached hydrogen (secondary N) is 1. The summed E-state index contributed by atoms with van der Waals surface area (Å²) in [6, 6.07) is 8.09. The molecule has 1 aliphatic heterocycles. The maximum atomic E-state index is 6.02. The zero-order valence-electron chi connectivity index (χ0n) is 9.00. The Kier molecular flexibility index (Phi) is 2.14. The van der Waals surface area contributed by atoms with Crippen molar-refractivity contribution in [2.24, 2.45) is 5.92 Å². The summed E-state index contributed by atoms with van der Waals surface area (Å²) in [5.41, 5.74) is 1.01. The van der Waals surface area contributed by atoms with Gasteiger partial charge < -0.3 is 10.1 Å². The molecule has 1 aromatic carbocycles. The van der Waals surface area contributed by atoms with Gasteiger partial charge in [-0.05, 0) is 25.0 Å². The number of ether oxygens (including phenoxy) is 1. The van der Waals surface area contributed by atoms with E-state index in [4.69, 9.17) is 4.74 Å². The highest BCUT2D eigenvalue weighted by Gasteiger charge is 2.34. The van der Waals surface area contributed by atoms with Gasteiger partial charge in [-0.2, -0.15) is 0 Å². The second kappa shape index (κ2) is 3.19. The molecular weight excluding hydrogens is 174 g/mol. The summed E-state index contributed by atoms with van der Waals surface area (Å²) in [6.45, 7) is 7.41. The highest BCUT2D eigenvalue weighted by Crippen LogP contribution is 2.35. The van der Waals surface area contributed by atoms with Gasteiger partial charge in [-0.1, -0.05) is 26.0 Å². The lowest BCUT2D eigenvalue weighted by Gasteiger charge is -2.39. The van der Waals surface area contributed by atoms with Gasteiger partial charge in [0.1, 0.15) is 11.4 Å². The molecule has 2 heteroatoms. The van der Waals surface area contributed by atoms with Crippen molar-refractivity contribution in [1.29, 1.82) is 0 Å². The summed E-state index contributed by atoms with van der Waals surface area (Å²) in [5.74, 6) is 1.47. The van der Waals surface area contributed by atoms with Crippen molar-refractivity contribution in [3.05, 3.63) is 24.3 Å². The maximum Gasteiger partial charge on any atom is 0.143 e. The van der Waals surface area contributed by atoms with Crippen LogP contribution in [0.25, 0.3) is 0 Å². The molecule has 0 aliphatic carbocycles. The molecule has 0 aromatic heterocycles. The van der Waals surface area contributed by atoms with E-state index in [0.717, 1.165) is 18.0 Å². The molecule has 0 fully saturated rings. The van der Waals surface area contributed by atoms with Gasteiger partial charge in [0.2, 0.25) is 0 Å². The minimum atomic E-state index is -0.0889. The number of anilines is 1. The zero-order chi connectivity index (χ0) is 10.2. The van der Waals surface area contributed by atoms with E-state index in [0.29, 0.717) is 5.92 Å². The van der Waals surface area contributed by atoms with Crippen LogP contribution in [0.1, 0.15) is 20.8 Å². The number of fused-ring (bicyclic) bond motifs is 1. The van der Waals surface area contributed by atoms with Gasteiger partial charge in [-0.15, -0.1) is 0 Å². The van der Waals surface area contributed by atoms with Crippen LogP contribution in [0.4, 0.5) is 5.69 Å². The molecule has 0 saturated heterocycles. The number of para-hydroxylation sites is 2. The van der Waals surface area contributed by atoms with E-state index in [1.54, 1.807) is 0 Å². The van der Waals surface area contributed by atoms with Crippen LogP contribution >= 0.6 is 0 Å². The lowest BCUT2D eigenvalue weighted by atomic mass is 9.91. The Balaban J connectivity index is 2.29. The Morgan fingerprint density at radius 2 is 2.07 bits per heavy atom. The fourth-order valence-electron chi connectivity index (χ4n) is 1.58. The minimum Gasteiger partial charge on any atom is -0.483 e. The smallest absolute Gasteiger partial charge is 0.143 e. The lowest BCUT2D eigenvalue weighted by molar-refractivity contribution is 0.0475. The third kappa shape index (κ3) is 1.45. The van der Waals surface area contributed by atoms with Crippen LogP contribution in [0.5, 0.6) is 5.75 Å². The van der Waals surface area contributed by atoms with E-state index in [-0.39, 0.29) is 5.60 Å². The van der Waals surface area contributed by atoms with Crippen LogP contribution in [0.2, 0.25) is 0 Å². The summed E-state index contributed by atoms with van der Waals surface area (Å²) in [6.07, 6.45) is 0. The van der Waals surface area contributed by atoms with Crippen molar-refractivity contribution in [3.8, 4) is 5.75 Å². The Hall–Kier alpha value is -1.18. The summed E-state index contributed by atoms with van der Waals surface area (Å²) in [7, 11) is 0. The second-order valence-corrected chi connectivity index (χ2v) is 4.42. The molecule has 2 rings (SSSR count). The van der Waals surface area contributed by atoms with Gasteiger partial charge in [0.05, 0.1) is 12.2 Å². The van der Waals surface area contributed by atoms with E-state index in [1.165, 1.54) is 0 Å². The monoisotopic (exact) mass is 191 g/mol. The number of hydrogen-bond donors (Lipinski definition) is 1. The molecule has 14 heavy (non-hydrogen) atoms. The third-order valence-corrected chi connectivity index (χ3v) is 3.08. The predicted octanol–water partition coefficient (Wildman–Crippen LogP) is 2.91. The molecule has 0 spiro atoms. The van der Waals surface area contributed by atoms with E-state index < -0.39 is 0 Å². The van der Waals surface area contributed by atoms with Crippen LogP contribution in [-0.2, 0) is 0 Å². The normalized spacial score (nSPS) is 25.1. The lowest BCUT2D eigenvalue weighted by Crippen LogP contribution is -2.47. The Labute approximate surface area is 85.3 Å². The quantitative estimate of drug-likeness (QED) is 0.737. The SMILES string of the molecule is CC(C)C1(C)CNc2ccccc2O1. The molecule has 1 atom stereocenters. The van der Waals surface area contributed by atoms with Crippen LogP contribution in [0, 0.1) is 5.92 Å². The largest absolute Gasteiger partial charge is 0.483 e. The van der Waals surface area contributed by atoms with Gasteiger partial charge in [0.15, 0.2) is 0 Å². The average molecular weight is 191 g/mol. The van der Waals surface area contributed by atoms with Crippen molar-refractivity contribution in [1.82, 2.24) is 0 Å². The number of hydrogen-bond acceptors (Lipinski definition) is 2. The number of benzene rings is 1. The highest BCUT2D eigenvalue weighted by molar-refractivity contribution is 5.58. The molecule has 1 heterocycles. The van der Waals surface area contributed by atoms with E-state index in [1.807, 2.05) is 18.2 Å². The summed E-state index contributed by atoms with van der Waals surface area (Å²) in [4.78, 5) is 0. The third-order valence-electron chi connectivity index (χ3n) is 3.08. The van der Waals surface area contributed by atoms with Gasteiger partial charge >= 0.3 is 0 Å². The topological polar surface area (TPSA) is 21.3 Å². The highest BCUT2D eigenvalue weighted by atomic mass is 16.5. The molecule has 2 nitrogen and oxygen atoms in total. The molecular formula is C12H17NO. The zero-order valence-corrected chi connectivity index (χ0v) is 9.00. The van der Waals surface area contributed by atoms with Crippen LogP contribution < -0.4 is 10.1 Å². The van der Waals surface area contributed by atoms with Crippen LogP contribution in [-0.4, -0.2) is 12.1 Å². The summed E-state index contributed by atoms with van der Waals surface area (Å²) >= 11 is 0. The number of rotatable bonds is 1. The Morgan fingerprint density at radius 1 is 1.36 bits per heavy atom. The second-order valence-electron chi connectivity index (χ2n) is 4.42. The molecule has 1 N–H and O–H groups in total. The average Bonchev–Trinajstić information content (AvgIpc) is 2.17. The fourth-order valence-corrected chi connectivity index (χ4v) is 1.58. The van der Waals surface area contributed by atoms with E-state index >= 15 is 0 Å². The first-order valence-corrected chi connectivity index (χ1v) is 5.14. The van der Waals surface area contributed by atoms with Gasteiger partial charge in [-0.25, -0.2) is 0 Å². The first kappa shape index (κ1) is 9.38. The van der Waals surface area contributed by atoms with Crippen molar-refractivity contribution in [3.63, 3.8) is 0 Å². The van der Waals surface area contributed by atoms with Gasteiger partial charge in [-0.3, -0.25) is 0 Å². The first-order chi connectivity index (χ1) is 6.62. The summed E-state index contributed by atoms with van der Waals surface area (Å²) < 4.78 is 6.02. The van der Waals surface area contributed by atoms with Crippen LogP contribution in [0.3, 0.4) is 0 Å². The molecule has 0 bridgehead atoms. The fraction of sp³-hybridized carbons (Fsp3) is 0.500. The van der Waals surface area contributed by atoms with Crippen molar-refractivity contribution < 1.29 is 4.74 Å². The standard InChI is InChI=1S/C12H17NO/c1-9(2)12(3)8-13-10-6-4-5-7-11(10)14-12/h4-7,9,13H,8H2,1-3H3. The molecule has 1 aliphatic rings. The minimum absolute atomic E-state index is 0.0889. The molecule has 0 radical (unpaired) electrons. The molecule has 1 aromatic rings. The van der Waals surface area contributed by atoms with Crippen molar-refractivity contribution in [2.45, 2.75) is 26.4 Å².